The molecule has 1 aliphatic carbocycles. The summed E-state index contributed by atoms with van der Waals surface area (Å²) in [6, 6.07) is 17.4. The molecule has 1 heteroatoms. The number of hydrogen-bond donors (Lipinski definition) is 0. The third-order valence-corrected chi connectivity index (χ3v) is 4.98. The first kappa shape index (κ1) is 12.8. The highest BCUT2D eigenvalue weighted by atomic mass is 16.3. The molecule has 0 aromatic heterocycles. The molecule has 0 unspecified atom stereocenters. The summed E-state index contributed by atoms with van der Waals surface area (Å²) in [7, 11) is 0. The van der Waals surface area contributed by atoms with Gasteiger partial charge in [0.05, 0.1) is 6.10 Å². The Balaban J connectivity index is 2.04. The zero-order valence-electron chi connectivity index (χ0n) is 12.3. The van der Waals surface area contributed by atoms with Crippen LogP contribution in [0.1, 0.15) is 36.8 Å². The first-order valence-electron chi connectivity index (χ1n) is 7.85. The Kier molecular flexibility index (Phi) is 2.97. The van der Waals surface area contributed by atoms with Crippen LogP contribution in [0.3, 0.4) is 0 Å². The van der Waals surface area contributed by atoms with Gasteiger partial charge in [-0.3, -0.25) is 0 Å². The second kappa shape index (κ2) is 4.85. The summed E-state index contributed by atoms with van der Waals surface area (Å²) in [4.78, 5) is 0. The molecule has 0 aliphatic heterocycles. The van der Waals surface area contributed by atoms with Crippen LogP contribution < -0.4 is 0 Å². The van der Waals surface area contributed by atoms with Gasteiger partial charge in [-0.25, -0.2) is 5.11 Å². The minimum Gasteiger partial charge on any atom is -0.233 e. The zero-order chi connectivity index (χ0) is 14.4. The quantitative estimate of drug-likeness (QED) is 0.542. The molecule has 2 atom stereocenters. The van der Waals surface area contributed by atoms with E-state index in [2.05, 4.69) is 48.5 Å². The molecule has 3 aromatic carbocycles. The van der Waals surface area contributed by atoms with Gasteiger partial charge in [0.2, 0.25) is 0 Å². The summed E-state index contributed by atoms with van der Waals surface area (Å²) in [5.41, 5.74) is 2.71. The Hall–Kier alpha value is -1.86. The number of fused-ring (bicyclic) bond motifs is 5. The van der Waals surface area contributed by atoms with Crippen LogP contribution in [0.4, 0.5) is 0 Å². The highest BCUT2D eigenvalue weighted by Gasteiger charge is 2.26. The predicted molar refractivity (Wildman–Crippen MR) is 87.3 cm³/mol. The second-order valence-corrected chi connectivity index (χ2v) is 6.22. The molecular formula is C20H19O. The first-order chi connectivity index (χ1) is 10.3. The van der Waals surface area contributed by atoms with Gasteiger partial charge in [-0.1, -0.05) is 48.5 Å². The average Bonchev–Trinajstić information content (AvgIpc) is 2.53. The van der Waals surface area contributed by atoms with E-state index in [9.17, 15) is 5.11 Å². The van der Waals surface area contributed by atoms with Crippen LogP contribution >= 0.6 is 0 Å². The maximum Gasteiger partial charge on any atom is 0.0970 e. The number of benzene rings is 3. The fraction of sp³-hybridized carbons (Fsp3) is 0.300. The summed E-state index contributed by atoms with van der Waals surface area (Å²) >= 11 is 0. The summed E-state index contributed by atoms with van der Waals surface area (Å²) < 4.78 is 0. The SMILES string of the molecule is C[C@@H]([O])[C@@H]1CCCc2c1ccc1c2ccc2ccccc21. The number of aryl methyl sites for hydroxylation is 1. The van der Waals surface area contributed by atoms with Gasteiger partial charge in [0.15, 0.2) is 0 Å². The van der Waals surface area contributed by atoms with E-state index in [4.69, 9.17) is 0 Å². The van der Waals surface area contributed by atoms with Crippen molar-refractivity contribution >= 4 is 21.5 Å². The van der Waals surface area contributed by atoms with Crippen LogP contribution in [0.15, 0.2) is 48.5 Å². The van der Waals surface area contributed by atoms with E-state index < -0.39 is 6.10 Å². The van der Waals surface area contributed by atoms with Crippen LogP contribution in [0.5, 0.6) is 0 Å². The van der Waals surface area contributed by atoms with E-state index in [0.717, 1.165) is 19.3 Å². The van der Waals surface area contributed by atoms with Crippen molar-refractivity contribution < 1.29 is 5.11 Å². The van der Waals surface area contributed by atoms with E-state index in [1.54, 1.807) is 0 Å². The van der Waals surface area contributed by atoms with Gasteiger partial charge in [0.1, 0.15) is 0 Å². The molecule has 21 heavy (non-hydrogen) atoms. The molecule has 0 N–H and O–H groups in total. The fourth-order valence-corrected chi connectivity index (χ4v) is 3.94. The minimum atomic E-state index is -0.512. The second-order valence-electron chi connectivity index (χ2n) is 6.22. The smallest absolute Gasteiger partial charge is 0.0970 e. The summed E-state index contributed by atoms with van der Waals surface area (Å²) in [6.07, 6.45) is 2.77. The van der Waals surface area contributed by atoms with Gasteiger partial charge in [-0.2, -0.15) is 0 Å². The van der Waals surface area contributed by atoms with Crippen LogP contribution in [0.2, 0.25) is 0 Å². The summed E-state index contributed by atoms with van der Waals surface area (Å²) in [6.45, 7) is 1.81. The molecule has 4 rings (SSSR count). The van der Waals surface area contributed by atoms with Crippen LogP contribution in [-0.2, 0) is 11.5 Å². The monoisotopic (exact) mass is 275 g/mol. The third kappa shape index (κ3) is 1.96. The highest BCUT2D eigenvalue weighted by Crippen LogP contribution is 2.39. The van der Waals surface area contributed by atoms with Crippen molar-refractivity contribution in [3.8, 4) is 0 Å². The molecular weight excluding hydrogens is 256 g/mol. The van der Waals surface area contributed by atoms with Crippen molar-refractivity contribution in [2.45, 2.75) is 38.2 Å². The minimum absolute atomic E-state index is 0.185. The largest absolute Gasteiger partial charge is 0.233 e. The van der Waals surface area contributed by atoms with E-state index >= 15 is 0 Å². The molecule has 0 fully saturated rings. The van der Waals surface area contributed by atoms with Crippen molar-refractivity contribution in [2.75, 3.05) is 0 Å². The Labute approximate surface area is 125 Å². The van der Waals surface area contributed by atoms with Crippen molar-refractivity contribution in [1.29, 1.82) is 0 Å². The van der Waals surface area contributed by atoms with Crippen LogP contribution in [0, 0.1) is 0 Å². The molecule has 1 radical (unpaired) electrons. The van der Waals surface area contributed by atoms with Crippen molar-refractivity contribution in [2.24, 2.45) is 0 Å². The summed E-state index contributed by atoms with van der Waals surface area (Å²) in [5.74, 6) is 0.185. The van der Waals surface area contributed by atoms with Gasteiger partial charge in [0, 0.05) is 5.92 Å². The van der Waals surface area contributed by atoms with Crippen LogP contribution in [0.25, 0.3) is 21.5 Å². The topological polar surface area (TPSA) is 19.9 Å². The lowest BCUT2D eigenvalue weighted by Gasteiger charge is -2.28. The summed E-state index contributed by atoms with van der Waals surface area (Å²) in [5, 5.41) is 17.3. The van der Waals surface area contributed by atoms with E-state index in [-0.39, 0.29) is 5.92 Å². The van der Waals surface area contributed by atoms with Crippen molar-refractivity contribution in [3.05, 3.63) is 59.7 Å². The van der Waals surface area contributed by atoms with Gasteiger partial charge in [0.25, 0.3) is 0 Å². The number of hydrogen-bond acceptors (Lipinski definition) is 0. The number of rotatable bonds is 1. The lowest BCUT2D eigenvalue weighted by Crippen LogP contribution is -2.19. The van der Waals surface area contributed by atoms with Gasteiger partial charge >= 0.3 is 0 Å². The lowest BCUT2D eigenvalue weighted by atomic mass is 9.78. The molecule has 0 amide bonds. The van der Waals surface area contributed by atoms with E-state index in [1.807, 2.05) is 6.92 Å². The Morgan fingerprint density at radius 1 is 0.952 bits per heavy atom. The van der Waals surface area contributed by atoms with E-state index in [1.165, 1.54) is 32.7 Å². The van der Waals surface area contributed by atoms with Gasteiger partial charge in [-0.15, -0.1) is 0 Å². The molecule has 0 bridgehead atoms. The normalized spacial score (nSPS) is 19.6. The maximum absolute atomic E-state index is 12.0. The molecule has 1 nitrogen and oxygen atoms in total. The Morgan fingerprint density at radius 3 is 2.62 bits per heavy atom. The predicted octanol–water partition coefficient (Wildman–Crippen LogP) is 5.23. The standard InChI is InChI=1S/C20H19O/c1-13(21)15-7-4-8-17-18(15)11-12-19-16-6-3-2-5-14(16)9-10-20(17)19/h2-3,5-6,9-13,15H,4,7-8H2,1H3/t13-,15+/m1/s1. The molecule has 0 heterocycles. The lowest BCUT2D eigenvalue weighted by molar-refractivity contribution is 0.0745. The molecule has 1 aliphatic rings. The molecule has 0 spiro atoms. The fourth-order valence-electron chi connectivity index (χ4n) is 3.94. The highest BCUT2D eigenvalue weighted by molar-refractivity contribution is 6.08. The van der Waals surface area contributed by atoms with E-state index in [0.29, 0.717) is 0 Å². The first-order valence-corrected chi connectivity index (χ1v) is 7.85. The van der Waals surface area contributed by atoms with Gasteiger partial charge in [-0.05, 0) is 58.9 Å². The zero-order valence-corrected chi connectivity index (χ0v) is 12.3. The Morgan fingerprint density at radius 2 is 1.76 bits per heavy atom. The van der Waals surface area contributed by atoms with Gasteiger partial charge < -0.3 is 0 Å². The molecule has 0 saturated heterocycles. The maximum atomic E-state index is 12.0. The Bertz CT molecular complexity index is 817. The van der Waals surface area contributed by atoms with Crippen LogP contribution in [-0.4, -0.2) is 6.10 Å². The van der Waals surface area contributed by atoms with Crippen molar-refractivity contribution in [1.82, 2.24) is 0 Å². The molecule has 0 saturated carbocycles. The van der Waals surface area contributed by atoms with Crippen molar-refractivity contribution in [3.63, 3.8) is 0 Å². The molecule has 3 aromatic rings. The molecule has 105 valence electrons. The average molecular weight is 275 g/mol. The third-order valence-electron chi connectivity index (χ3n) is 4.98.